The van der Waals surface area contributed by atoms with Gasteiger partial charge >= 0.3 is 0 Å². The number of ether oxygens (including phenoxy) is 1. The van der Waals surface area contributed by atoms with Crippen molar-refractivity contribution in [2.75, 3.05) is 21.2 Å². The number of nitrogens with zero attached hydrogens (tertiary/aromatic N) is 1. The van der Waals surface area contributed by atoms with Gasteiger partial charge in [0, 0.05) is 25.0 Å². The van der Waals surface area contributed by atoms with E-state index >= 15 is 0 Å². The Hall–Kier alpha value is -1.61. The first kappa shape index (κ1) is 11.9. The Morgan fingerprint density at radius 3 is 2.35 bits per heavy atom. The van der Waals surface area contributed by atoms with Gasteiger partial charge in [0.25, 0.3) is 0 Å². The van der Waals surface area contributed by atoms with Crippen molar-refractivity contribution < 1.29 is 4.74 Å². The summed E-state index contributed by atoms with van der Waals surface area (Å²) >= 11 is 5.45. The van der Waals surface area contributed by atoms with Crippen LogP contribution >= 0.6 is 12.2 Å². The van der Waals surface area contributed by atoms with Crippen LogP contribution in [0.5, 0.6) is 5.75 Å². The maximum Gasteiger partial charge on any atom is 0.127 e. The van der Waals surface area contributed by atoms with Crippen molar-refractivity contribution in [1.82, 2.24) is 4.90 Å². The third-order valence-corrected chi connectivity index (χ3v) is 3.31. The molecule has 0 saturated carbocycles. The number of fused-ring (bicyclic) bond motifs is 1. The maximum atomic E-state index is 5.45. The first-order chi connectivity index (χ1) is 8.15. The first-order valence-electron chi connectivity index (χ1n) is 5.42. The van der Waals surface area contributed by atoms with Crippen LogP contribution in [-0.2, 0) is 0 Å². The second kappa shape index (κ2) is 4.72. The van der Waals surface area contributed by atoms with Gasteiger partial charge in [0.1, 0.15) is 10.7 Å². The molecular weight excluding hydrogens is 230 g/mol. The first-order valence-corrected chi connectivity index (χ1v) is 5.83. The summed E-state index contributed by atoms with van der Waals surface area (Å²) in [6, 6.07) is 12.1. The lowest BCUT2D eigenvalue weighted by atomic mass is 10.0. The van der Waals surface area contributed by atoms with Crippen molar-refractivity contribution >= 4 is 28.0 Å². The molecule has 0 spiro atoms. The fourth-order valence-corrected chi connectivity index (χ4v) is 2.07. The van der Waals surface area contributed by atoms with Gasteiger partial charge in [-0.1, -0.05) is 42.5 Å². The van der Waals surface area contributed by atoms with Crippen LogP contribution in [0.3, 0.4) is 0 Å². The van der Waals surface area contributed by atoms with Crippen molar-refractivity contribution in [1.29, 1.82) is 0 Å². The summed E-state index contributed by atoms with van der Waals surface area (Å²) < 4.78 is 5.42. The molecule has 0 N–H and O–H groups in total. The van der Waals surface area contributed by atoms with Gasteiger partial charge in [-0.3, -0.25) is 0 Å². The van der Waals surface area contributed by atoms with Crippen LogP contribution in [0.1, 0.15) is 5.56 Å². The van der Waals surface area contributed by atoms with Crippen molar-refractivity contribution in [2.45, 2.75) is 0 Å². The summed E-state index contributed by atoms with van der Waals surface area (Å²) in [7, 11) is 5.59. The number of thiocarbonyl (C=S) groups is 1. The number of hydrogen-bond acceptors (Lipinski definition) is 2. The third kappa shape index (κ3) is 2.11. The fourth-order valence-electron chi connectivity index (χ4n) is 1.90. The van der Waals surface area contributed by atoms with E-state index in [1.165, 1.54) is 0 Å². The lowest BCUT2D eigenvalue weighted by molar-refractivity contribution is 0.419. The van der Waals surface area contributed by atoms with Gasteiger partial charge in [0.15, 0.2) is 0 Å². The molecule has 0 radical (unpaired) electrons. The number of rotatable bonds is 2. The van der Waals surface area contributed by atoms with E-state index in [0.29, 0.717) is 0 Å². The van der Waals surface area contributed by atoms with Gasteiger partial charge in [-0.25, -0.2) is 0 Å². The molecule has 17 heavy (non-hydrogen) atoms. The molecule has 0 aliphatic rings. The summed E-state index contributed by atoms with van der Waals surface area (Å²) in [5.41, 5.74) is 1.04. The Morgan fingerprint density at radius 2 is 1.76 bits per heavy atom. The van der Waals surface area contributed by atoms with Gasteiger partial charge in [-0.05, 0) is 11.5 Å². The SMILES string of the molecule is COc1cccc2cccc(C(=S)N(C)C)c12. The Balaban J connectivity index is 2.75. The third-order valence-electron chi connectivity index (χ3n) is 2.72. The van der Waals surface area contributed by atoms with Crippen LogP contribution in [0, 0.1) is 0 Å². The van der Waals surface area contributed by atoms with E-state index in [0.717, 1.165) is 27.1 Å². The average Bonchev–Trinajstić information content (AvgIpc) is 2.36. The second-order valence-corrected chi connectivity index (χ2v) is 4.45. The van der Waals surface area contributed by atoms with E-state index in [-0.39, 0.29) is 0 Å². The molecule has 0 bridgehead atoms. The molecule has 0 aliphatic heterocycles. The lowest BCUT2D eigenvalue weighted by Crippen LogP contribution is -2.20. The normalized spacial score (nSPS) is 10.3. The fraction of sp³-hybridized carbons (Fsp3) is 0.214. The van der Waals surface area contributed by atoms with E-state index in [1.807, 2.05) is 43.3 Å². The predicted molar refractivity (Wildman–Crippen MR) is 75.9 cm³/mol. The molecule has 0 aliphatic carbocycles. The number of benzene rings is 2. The van der Waals surface area contributed by atoms with E-state index in [9.17, 15) is 0 Å². The Morgan fingerprint density at radius 1 is 1.12 bits per heavy atom. The highest BCUT2D eigenvalue weighted by molar-refractivity contribution is 7.80. The van der Waals surface area contributed by atoms with E-state index in [4.69, 9.17) is 17.0 Å². The molecule has 0 atom stereocenters. The minimum absolute atomic E-state index is 0.820. The summed E-state index contributed by atoms with van der Waals surface area (Å²) in [6.45, 7) is 0. The highest BCUT2D eigenvalue weighted by Crippen LogP contribution is 2.29. The standard InChI is InChI=1S/C14H15NOS/c1-15(2)14(17)11-8-4-6-10-7-5-9-12(16-3)13(10)11/h4-9H,1-3H3. The molecule has 0 heterocycles. The van der Waals surface area contributed by atoms with Crippen LogP contribution in [-0.4, -0.2) is 31.1 Å². The van der Waals surface area contributed by atoms with E-state index < -0.39 is 0 Å². The average molecular weight is 245 g/mol. The highest BCUT2D eigenvalue weighted by atomic mass is 32.1. The number of methoxy groups -OCH3 is 1. The zero-order valence-electron chi connectivity index (χ0n) is 10.2. The van der Waals surface area contributed by atoms with Crippen LogP contribution < -0.4 is 4.74 Å². The van der Waals surface area contributed by atoms with Crippen molar-refractivity contribution in [2.24, 2.45) is 0 Å². The Bertz CT molecular complexity index is 558. The van der Waals surface area contributed by atoms with Gasteiger partial charge in [0.2, 0.25) is 0 Å². The number of hydrogen-bond donors (Lipinski definition) is 0. The van der Waals surface area contributed by atoms with Gasteiger partial charge in [-0.2, -0.15) is 0 Å². The highest BCUT2D eigenvalue weighted by Gasteiger charge is 2.11. The maximum absolute atomic E-state index is 5.45. The van der Waals surface area contributed by atoms with Gasteiger partial charge < -0.3 is 9.64 Å². The molecule has 3 heteroatoms. The zero-order chi connectivity index (χ0) is 12.4. The molecule has 88 valence electrons. The molecule has 2 nitrogen and oxygen atoms in total. The summed E-state index contributed by atoms with van der Waals surface area (Å²) in [5, 5.41) is 2.22. The van der Waals surface area contributed by atoms with Crippen LogP contribution in [0.2, 0.25) is 0 Å². The van der Waals surface area contributed by atoms with Gasteiger partial charge in [0.05, 0.1) is 7.11 Å². The predicted octanol–water partition coefficient (Wildman–Crippen LogP) is 3.09. The quantitative estimate of drug-likeness (QED) is 0.754. The molecule has 2 aromatic carbocycles. The summed E-state index contributed by atoms with van der Waals surface area (Å²) in [5.74, 6) is 0.863. The van der Waals surface area contributed by atoms with Crippen molar-refractivity contribution in [3.63, 3.8) is 0 Å². The molecule has 0 aromatic heterocycles. The van der Waals surface area contributed by atoms with Crippen LogP contribution in [0.25, 0.3) is 10.8 Å². The summed E-state index contributed by atoms with van der Waals surface area (Å²) in [4.78, 5) is 2.76. The lowest BCUT2D eigenvalue weighted by Gasteiger charge is -2.17. The molecule has 0 fully saturated rings. The smallest absolute Gasteiger partial charge is 0.127 e. The molecule has 2 rings (SSSR count). The van der Waals surface area contributed by atoms with Crippen molar-refractivity contribution in [3.8, 4) is 5.75 Å². The molecule has 2 aromatic rings. The minimum atomic E-state index is 0.820. The molecule has 0 unspecified atom stereocenters. The van der Waals surface area contributed by atoms with Crippen LogP contribution in [0.4, 0.5) is 0 Å². The topological polar surface area (TPSA) is 12.5 Å². The second-order valence-electron chi connectivity index (χ2n) is 4.06. The molecular formula is C14H15NOS. The van der Waals surface area contributed by atoms with Gasteiger partial charge in [-0.15, -0.1) is 0 Å². The zero-order valence-corrected chi connectivity index (χ0v) is 11.0. The molecule has 0 saturated heterocycles. The monoisotopic (exact) mass is 245 g/mol. The Kier molecular flexibility index (Phi) is 3.29. The Labute approximate surface area is 107 Å². The largest absolute Gasteiger partial charge is 0.496 e. The van der Waals surface area contributed by atoms with E-state index in [2.05, 4.69) is 12.1 Å². The van der Waals surface area contributed by atoms with Crippen LogP contribution in [0.15, 0.2) is 36.4 Å². The summed E-state index contributed by atoms with van der Waals surface area (Å²) in [6.07, 6.45) is 0. The molecule has 0 amide bonds. The minimum Gasteiger partial charge on any atom is -0.496 e. The van der Waals surface area contributed by atoms with E-state index in [1.54, 1.807) is 7.11 Å². The van der Waals surface area contributed by atoms with Crippen molar-refractivity contribution in [3.05, 3.63) is 42.0 Å².